The zero-order valence-corrected chi connectivity index (χ0v) is 13.0. The smallest absolute Gasteiger partial charge is 0.293 e. The van der Waals surface area contributed by atoms with E-state index >= 15 is 0 Å². The Balaban J connectivity index is 1.43. The van der Waals surface area contributed by atoms with Gasteiger partial charge in [-0.15, -0.1) is 0 Å². The van der Waals surface area contributed by atoms with Gasteiger partial charge in [-0.1, -0.05) is 16.9 Å². The highest BCUT2D eigenvalue weighted by Crippen LogP contribution is 2.28. The summed E-state index contributed by atoms with van der Waals surface area (Å²) in [6, 6.07) is 5.52. The van der Waals surface area contributed by atoms with Gasteiger partial charge in [0.05, 0.1) is 12.4 Å². The van der Waals surface area contributed by atoms with E-state index in [9.17, 15) is 0 Å². The van der Waals surface area contributed by atoms with Crippen LogP contribution in [0.25, 0.3) is 11.7 Å². The normalized spacial score (nSPS) is 17.7. The van der Waals surface area contributed by atoms with Gasteiger partial charge in [-0.05, 0) is 24.6 Å². The summed E-state index contributed by atoms with van der Waals surface area (Å²) in [5.74, 6) is 3.32. The van der Waals surface area contributed by atoms with Crippen LogP contribution < -0.4 is 0 Å². The zero-order valence-electron chi connectivity index (χ0n) is 12.2. The molecule has 0 bridgehead atoms. The topological polar surface area (TPSA) is 87.1 Å². The van der Waals surface area contributed by atoms with E-state index < -0.39 is 0 Å². The molecule has 1 aliphatic heterocycles. The molecular formula is C15H14N4O3S. The van der Waals surface area contributed by atoms with Gasteiger partial charge < -0.3 is 13.7 Å². The van der Waals surface area contributed by atoms with Crippen LogP contribution in [-0.2, 0) is 10.5 Å². The van der Waals surface area contributed by atoms with Crippen LogP contribution in [-0.4, -0.2) is 33.3 Å². The average Bonchev–Trinajstić information content (AvgIpc) is 3.33. The maximum absolute atomic E-state index is 5.76. The lowest BCUT2D eigenvalue weighted by molar-refractivity contribution is 0.192. The van der Waals surface area contributed by atoms with Gasteiger partial charge in [0.25, 0.3) is 5.89 Å². The van der Waals surface area contributed by atoms with E-state index in [1.807, 2.05) is 12.1 Å². The van der Waals surface area contributed by atoms with E-state index in [-0.39, 0.29) is 5.92 Å². The van der Waals surface area contributed by atoms with Gasteiger partial charge in [0.15, 0.2) is 16.7 Å². The average molecular weight is 330 g/mol. The first-order valence-electron chi connectivity index (χ1n) is 7.29. The monoisotopic (exact) mass is 330 g/mol. The molecule has 4 rings (SSSR count). The Hall–Kier alpha value is -2.19. The Kier molecular flexibility index (Phi) is 4.08. The lowest BCUT2D eigenvalue weighted by Crippen LogP contribution is -1.99. The van der Waals surface area contributed by atoms with Crippen molar-refractivity contribution in [2.24, 2.45) is 0 Å². The third-order valence-electron chi connectivity index (χ3n) is 3.49. The van der Waals surface area contributed by atoms with Crippen LogP contribution in [0.5, 0.6) is 0 Å². The highest BCUT2D eigenvalue weighted by Gasteiger charge is 2.24. The summed E-state index contributed by atoms with van der Waals surface area (Å²) in [4.78, 5) is 12.7. The quantitative estimate of drug-likeness (QED) is 0.521. The van der Waals surface area contributed by atoms with Crippen LogP contribution >= 0.6 is 11.8 Å². The first-order chi connectivity index (χ1) is 11.4. The van der Waals surface area contributed by atoms with Crippen molar-refractivity contribution in [2.45, 2.75) is 23.2 Å². The Morgan fingerprint density at radius 2 is 2.13 bits per heavy atom. The van der Waals surface area contributed by atoms with Gasteiger partial charge >= 0.3 is 0 Å². The second kappa shape index (κ2) is 6.51. The number of nitrogens with zero attached hydrogens (tertiary/aromatic N) is 4. The number of rotatable bonds is 5. The van der Waals surface area contributed by atoms with Crippen molar-refractivity contribution < 1.29 is 13.7 Å². The molecule has 4 heterocycles. The number of hydrogen-bond acceptors (Lipinski definition) is 8. The van der Waals surface area contributed by atoms with Crippen molar-refractivity contribution in [3.63, 3.8) is 0 Å². The van der Waals surface area contributed by atoms with Crippen LogP contribution in [0.3, 0.4) is 0 Å². The van der Waals surface area contributed by atoms with E-state index in [2.05, 4.69) is 20.1 Å². The standard InChI is InChI=1S/C15H14N4O3S/c1-5-16-15(17-6-1)23-9-11-2-3-12(21-11)14-18-13(19-22-14)10-4-7-20-8-10/h1-3,5-6,10H,4,7-9H2/t10-/m0/s1. The molecule has 3 aromatic heterocycles. The molecule has 23 heavy (non-hydrogen) atoms. The lowest BCUT2D eigenvalue weighted by Gasteiger charge is -1.97. The summed E-state index contributed by atoms with van der Waals surface area (Å²) in [5.41, 5.74) is 0. The molecule has 8 heteroatoms. The minimum absolute atomic E-state index is 0.215. The molecule has 3 aromatic rings. The largest absolute Gasteiger partial charge is 0.455 e. The highest BCUT2D eigenvalue weighted by atomic mass is 32.2. The molecular weight excluding hydrogens is 316 g/mol. The van der Waals surface area contributed by atoms with Crippen molar-refractivity contribution >= 4 is 11.8 Å². The van der Waals surface area contributed by atoms with E-state index in [0.717, 1.165) is 18.8 Å². The molecule has 118 valence electrons. The van der Waals surface area contributed by atoms with Crippen LogP contribution in [0.15, 0.2) is 44.7 Å². The third kappa shape index (κ3) is 3.27. The molecule has 0 saturated carbocycles. The van der Waals surface area contributed by atoms with Crippen molar-refractivity contribution in [3.05, 3.63) is 42.2 Å². The maximum atomic E-state index is 5.76. The predicted molar refractivity (Wildman–Crippen MR) is 81.8 cm³/mol. The number of hydrogen-bond donors (Lipinski definition) is 0. The molecule has 0 N–H and O–H groups in total. The first-order valence-corrected chi connectivity index (χ1v) is 8.27. The van der Waals surface area contributed by atoms with E-state index in [0.29, 0.717) is 35.0 Å². The summed E-state index contributed by atoms with van der Waals surface area (Å²) in [5, 5.41) is 4.74. The second-order valence-electron chi connectivity index (χ2n) is 5.10. The molecule has 7 nitrogen and oxygen atoms in total. The van der Waals surface area contributed by atoms with E-state index in [1.165, 1.54) is 11.8 Å². The fraction of sp³-hybridized carbons (Fsp3) is 0.333. The summed E-state index contributed by atoms with van der Waals surface area (Å²) < 4.78 is 16.4. The lowest BCUT2D eigenvalue weighted by atomic mass is 10.1. The third-order valence-corrected chi connectivity index (χ3v) is 4.39. The minimum Gasteiger partial charge on any atom is -0.455 e. The van der Waals surface area contributed by atoms with Gasteiger partial charge in [0, 0.05) is 24.9 Å². The number of ether oxygens (including phenoxy) is 1. The number of furan rings is 1. The Labute approximate surface area is 136 Å². The molecule has 0 amide bonds. The zero-order chi connectivity index (χ0) is 15.5. The molecule has 0 aliphatic carbocycles. The van der Waals surface area contributed by atoms with Crippen molar-refractivity contribution in [1.82, 2.24) is 20.1 Å². The predicted octanol–water partition coefficient (Wildman–Crippen LogP) is 2.92. The fourth-order valence-corrected chi connectivity index (χ4v) is 3.00. The summed E-state index contributed by atoms with van der Waals surface area (Å²) in [7, 11) is 0. The minimum atomic E-state index is 0.215. The van der Waals surface area contributed by atoms with Crippen LogP contribution in [0.4, 0.5) is 0 Å². The summed E-state index contributed by atoms with van der Waals surface area (Å²) in [6.07, 6.45) is 4.36. The SMILES string of the molecule is c1cnc(SCc2ccc(-c3nc([C@H]4CCOC4)no3)o2)nc1. The van der Waals surface area contributed by atoms with Crippen molar-refractivity contribution in [2.75, 3.05) is 13.2 Å². The van der Waals surface area contributed by atoms with Crippen LogP contribution in [0, 0.1) is 0 Å². The number of aromatic nitrogens is 4. The Morgan fingerprint density at radius 1 is 1.22 bits per heavy atom. The van der Waals surface area contributed by atoms with Gasteiger partial charge in [-0.25, -0.2) is 9.97 Å². The van der Waals surface area contributed by atoms with Gasteiger partial charge in [0.2, 0.25) is 0 Å². The molecule has 1 fully saturated rings. The highest BCUT2D eigenvalue weighted by molar-refractivity contribution is 7.98. The molecule has 0 aromatic carbocycles. The van der Waals surface area contributed by atoms with Gasteiger partial charge in [-0.2, -0.15) is 4.98 Å². The Bertz CT molecular complexity index is 768. The second-order valence-corrected chi connectivity index (χ2v) is 6.05. The summed E-state index contributed by atoms with van der Waals surface area (Å²) >= 11 is 1.51. The molecule has 1 saturated heterocycles. The Morgan fingerprint density at radius 3 is 2.96 bits per heavy atom. The molecule has 1 aliphatic rings. The number of thioether (sulfide) groups is 1. The van der Waals surface area contributed by atoms with Crippen molar-refractivity contribution in [3.8, 4) is 11.7 Å². The fourth-order valence-electron chi connectivity index (χ4n) is 2.30. The van der Waals surface area contributed by atoms with Gasteiger partial charge in [0.1, 0.15) is 5.76 Å². The summed E-state index contributed by atoms with van der Waals surface area (Å²) in [6.45, 7) is 1.40. The van der Waals surface area contributed by atoms with Crippen LogP contribution in [0.2, 0.25) is 0 Å². The van der Waals surface area contributed by atoms with E-state index in [1.54, 1.807) is 18.5 Å². The maximum Gasteiger partial charge on any atom is 0.293 e. The van der Waals surface area contributed by atoms with E-state index in [4.69, 9.17) is 13.7 Å². The molecule has 0 spiro atoms. The van der Waals surface area contributed by atoms with Gasteiger partial charge in [-0.3, -0.25) is 0 Å². The molecule has 1 atom stereocenters. The molecule has 0 unspecified atom stereocenters. The molecule has 0 radical (unpaired) electrons. The van der Waals surface area contributed by atoms with Crippen molar-refractivity contribution in [1.29, 1.82) is 0 Å². The first kappa shape index (κ1) is 14.4. The van der Waals surface area contributed by atoms with Crippen LogP contribution in [0.1, 0.15) is 23.9 Å².